The highest BCUT2D eigenvalue weighted by Crippen LogP contribution is 2.30. The summed E-state index contributed by atoms with van der Waals surface area (Å²) in [6, 6.07) is 4.17. The Morgan fingerprint density at radius 3 is 2.39 bits per heavy atom. The Bertz CT molecular complexity index is 881. The van der Waals surface area contributed by atoms with E-state index in [1.54, 1.807) is 4.72 Å². The Kier molecular flexibility index (Phi) is 4.44. The molecule has 0 fully saturated rings. The zero-order valence-electron chi connectivity index (χ0n) is 11.0. The molecular weight excluding hydrogens is 356 g/mol. The first-order valence-corrected chi connectivity index (χ1v) is 7.72. The lowest BCUT2D eigenvalue weighted by molar-refractivity contribution is 0.0696. The van der Waals surface area contributed by atoms with Gasteiger partial charge in [0, 0.05) is 0 Å². The van der Waals surface area contributed by atoms with Crippen LogP contribution in [0.2, 0.25) is 5.02 Å². The summed E-state index contributed by atoms with van der Waals surface area (Å²) in [5.74, 6) is -4.67. The zero-order chi connectivity index (χ0) is 17.4. The van der Waals surface area contributed by atoms with E-state index in [0.29, 0.717) is 12.1 Å². The number of carboxylic acids is 1. The third-order valence-electron chi connectivity index (χ3n) is 2.77. The second-order valence-electron chi connectivity index (χ2n) is 4.31. The number of nitrogens with one attached hydrogen (secondary N) is 1. The van der Waals surface area contributed by atoms with Gasteiger partial charge in [-0.05, 0) is 24.3 Å². The minimum absolute atomic E-state index is 0.481. The Morgan fingerprint density at radius 2 is 1.83 bits per heavy atom. The van der Waals surface area contributed by atoms with Crippen molar-refractivity contribution in [3.8, 4) is 5.75 Å². The number of aromatic hydroxyl groups is 1. The van der Waals surface area contributed by atoms with Gasteiger partial charge in [0.2, 0.25) is 0 Å². The first kappa shape index (κ1) is 17.0. The van der Waals surface area contributed by atoms with Crippen molar-refractivity contribution in [2.45, 2.75) is 4.90 Å². The van der Waals surface area contributed by atoms with E-state index in [4.69, 9.17) is 16.7 Å². The number of rotatable bonds is 4. The predicted octanol–water partition coefficient (Wildman–Crippen LogP) is 2.82. The number of anilines is 1. The van der Waals surface area contributed by atoms with Gasteiger partial charge in [-0.2, -0.15) is 0 Å². The number of carbonyl (C=O) groups is 1. The van der Waals surface area contributed by atoms with E-state index in [-0.39, 0.29) is 0 Å². The summed E-state index contributed by atoms with van der Waals surface area (Å²) in [4.78, 5) is 10.2. The molecule has 0 spiro atoms. The minimum Gasteiger partial charge on any atom is -0.506 e. The fourth-order valence-corrected chi connectivity index (χ4v) is 2.99. The molecule has 6 nitrogen and oxygen atoms in total. The number of phenols is 1. The maximum absolute atomic E-state index is 13.6. The molecule has 0 aliphatic carbocycles. The maximum atomic E-state index is 13.6. The van der Waals surface area contributed by atoms with Gasteiger partial charge in [-0.3, -0.25) is 4.72 Å². The molecule has 0 radical (unpaired) electrons. The summed E-state index contributed by atoms with van der Waals surface area (Å²) in [5.41, 5.74) is -1.52. The second-order valence-corrected chi connectivity index (χ2v) is 6.37. The summed E-state index contributed by atoms with van der Waals surface area (Å²) in [6.45, 7) is 0. The van der Waals surface area contributed by atoms with Crippen LogP contribution in [0.1, 0.15) is 10.4 Å². The Morgan fingerprint density at radius 1 is 1.17 bits per heavy atom. The molecule has 23 heavy (non-hydrogen) atoms. The van der Waals surface area contributed by atoms with Gasteiger partial charge < -0.3 is 10.2 Å². The summed E-state index contributed by atoms with van der Waals surface area (Å²) in [7, 11) is -4.57. The molecule has 0 aliphatic heterocycles. The molecule has 0 unspecified atom stereocenters. The smallest absolute Gasteiger partial charge is 0.337 e. The monoisotopic (exact) mass is 363 g/mol. The lowest BCUT2D eigenvalue weighted by atomic mass is 10.2. The van der Waals surface area contributed by atoms with Gasteiger partial charge in [-0.1, -0.05) is 17.7 Å². The lowest BCUT2D eigenvalue weighted by Crippen LogP contribution is -2.15. The van der Waals surface area contributed by atoms with E-state index in [9.17, 15) is 27.1 Å². The highest BCUT2D eigenvalue weighted by atomic mass is 35.5. The van der Waals surface area contributed by atoms with Crippen molar-refractivity contribution in [3.05, 3.63) is 52.6 Å². The Balaban J connectivity index is 2.55. The third-order valence-corrected chi connectivity index (χ3v) is 4.48. The maximum Gasteiger partial charge on any atom is 0.337 e. The van der Waals surface area contributed by atoms with Crippen molar-refractivity contribution in [3.63, 3.8) is 0 Å². The number of halogens is 3. The molecule has 0 aromatic heterocycles. The summed E-state index contributed by atoms with van der Waals surface area (Å²) in [5, 5.41) is 17.6. The fraction of sp³-hybridized carbons (Fsp3) is 0. The topological polar surface area (TPSA) is 104 Å². The first-order chi connectivity index (χ1) is 10.6. The molecule has 2 aromatic carbocycles. The zero-order valence-corrected chi connectivity index (χ0v) is 12.6. The van der Waals surface area contributed by atoms with E-state index in [1.807, 2.05) is 0 Å². The molecule has 0 saturated carbocycles. The number of phenolic OH excluding ortho intramolecular Hbond substituents is 1. The summed E-state index contributed by atoms with van der Waals surface area (Å²) >= 11 is 5.45. The predicted molar refractivity (Wildman–Crippen MR) is 77.2 cm³/mol. The lowest BCUT2D eigenvalue weighted by Gasteiger charge is -2.11. The average molecular weight is 364 g/mol. The van der Waals surface area contributed by atoms with Crippen molar-refractivity contribution in [1.82, 2.24) is 0 Å². The summed E-state index contributed by atoms with van der Waals surface area (Å²) < 4.78 is 53.2. The number of sulfonamides is 1. The molecular formula is C13H8ClF2NO5S. The van der Waals surface area contributed by atoms with Crippen LogP contribution in [0.5, 0.6) is 5.75 Å². The molecule has 0 heterocycles. The SMILES string of the molecule is O=C(O)c1cc(S(=O)(=O)Nc2c(O)cccc2F)cc(F)c1Cl. The van der Waals surface area contributed by atoms with Gasteiger partial charge in [0.15, 0.2) is 5.82 Å². The van der Waals surface area contributed by atoms with Crippen molar-refractivity contribution in [2.75, 3.05) is 4.72 Å². The molecule has 122 valence electrons. The van der Waals surface area contributed by atoms with Gasteiger partial charge in [0.05, 0.1) is 15.5 Å². The second kappa shape index (κ2) is 6.01. The van der Waals surface area contributed by atoms with Crippen LogP contribution in [0.4, 0.5) is 14.5 Å². The van der Waals surface area contributed by atoms with Gasteiger partial charge in [0.1, 0.15) is 17.3 Å². The molecule has 0 saturated heterocycles. The van der Waals surface area contributed by atoms with Crippen molar-refractivity contribution in [2.24, 2.45) is 0 Å². The minimum atomic E-state index is -4.57. The van der Waals surface area contributed by atoms with Crippen molar-refractivity contribution < 1.29 is 32.2 Å². The molecule has 0 atom stereocenters. The molecule has 0 amide bonds. The molecule has 2 aromatic rings. The number of aromatic carboxylic acids is 1. The molecule has 2 rings (SSSR count). The standard InChI is InChI=1S/C13H8ClF2NO5S/c14-11-7(13(19)20)4-6(5-9(11)16)23(21,22)17-12-8(15)2-1-3-10(12)18/h1-5,17-18H,(H,19,20). The van der Waals surface area contributed by atoms with E-state index in [0.717, 1.165) is 18.2 Å². The van der Waals surface area contributed by atoms with Gasteiger partial charge in [0.25, 0.3) is 10.0 Å². The first-order valence-electron chi connectivity index (χ1n) is 5.86. The average Bonchev–Trinajstić information content (AvgIpc) is 2.45. The highest BCUT2D eigenvalue weighted by Gasteiger charge is 2.24. The van der Waals surface area contributed by atoms with Gasteiger partial charge >= 0.3 is 5.97 Å². The van der Waals surface area contributed by atoms with Crippen molar-refractivity contribution >= 4 is 33.3 Å². The van der Waals surface area contributed by atoms with Crippen LogP contribution >= 0.6 is 11.6 Å². The Labute approximate surface area is 134 Å². The molecule has 3 N–H and O–H groups in total. The fourth-order valence-electron chi connectivity index (χ4n) is 1.68. The van der Waals surface area contributed by atoms with Crippen LogP contribution < -0.4 is 4.72 Å². The van der Waals surface area contributed by atoms with E-state index >= 15 is 0 Å². The van der Waals surface area contributed by atoms with Gasteiger partial charge in [-0.15, -0.1) is 0 Å². The number of hydrogen-bond acceptors (Lipinski definition) is 4. The summed E-state index contributed by atoms with van der Waals surface area (Å²) in [6.07, 6.45) is 0. The molecule has 0 bridgehead atoms. The van der Waals surface area contributed by atoms with E-state index in [1.165, 1.54) is 0 Å². The van der Waals surface area contributed by atoms with E-state index in [2.05, 4.69) is 0 Å². The molecule has 0 aliphatic rings. The number of carboxylic acid groups (broad SMARTS) is 1. The number of para-hydroxylation sites is 1. The van der Waals surface area contributed by atoms with Crippen LogP contribution in [0.15, 0.2) is 35.2 Å². The Hall–Kier alpha value is -2.39. The van der Waals surface area contributed by atoms with Gasteiger partial charge in [-0.25, -0.2) is 22.0 Å². The normalized spacial score (nSPS) is 11.3. The van der Waals surface area contributed by atoms with Crippen LogP contribution in [0.3, 0.4) is 0 Å². The van der Waals surface area contributed by atoms with Crippen molar-refractivity contribution in [1.29, 1.82) is 0 Å². The van der Waals surface area contributed by atoms with Crippen LogP contribution in [-0.2, 0) is 10.0 Å². The van der Waals surface area contributed by atoms with Crippen LogP contribution in [0, 0.1) is 11.6 Å². The molecule has 10 heteroatoms. The highest BCUT2D eigenvalue weighted by molar-refractivity contribution is 7.92. The number of benzene rings is 2. The largest absolute Gasteiger partial charge is 0.506 e. The quantitative estimate of drug-likeness (QED) is 0.725. The van der Waals surface area contributed by atoms with Crippen LogP contribution in [-0.4, -0.2) is 24.6 Å². The number of hydrogen-bond donors (Lipinski definition) is 3. The third kappa shape index (κ3) is 3.35. The van der Waals surface area contributed by atoms with Crippen LogP contribution in [0.25, 0.3) is 0 Å². The van der Waals surface area contributed by atoms with E-state index < -0.39 is 54.5 Å².